The third-order valence-electron chi connectivity index (χ3n) is 5.32. The maximum atomic E-state index is 10.5. The largest absolute Gasteiger partial charge is 0.411 e. The van der Waals surface area contributed by atoms with Crippen LogP contribution >= 0.6 is 0 Å². The molecule has 5 nitrogen and oxygen atoms in total. The Balaban J connectivity index is 3.14. The number of rotatable bonds is 9. The second-order valence-corrected chi connectivity index (χ2v) is 13.0. The van der Waals surface area contributed by atoms with Crippen molar-refractivity contribution in [3.8, 4) is 0 Å². The van der Waals surface area contributed by atoms with Gasteiger partial charge in [-0.05, 0) is 24.6 Å². The first-order valence-electron chi connectivity index (χ1n) is 9.00. The SMILES string of the molecule is C=CCO[C@H]1[C@@H](OCC=C)[C@H](O)C[C@H](CO)[C@@H]1O[Si](C)(C)C(C)(C)C. The Labute approximate surface area is 153 Å². The molecule has 2 N–H and O–H groups in total. The first-order valence-corrected chi connectivity index (χ1v) is 11.9. The van der Waals surface area contributed by atoms with Crippen molar-refractivity contribution in [2.75, 3.05) is 19.8 Å². The van der Waals surface area contributed by atoms with E-state index in [0.29, 0.717) is 19.6 Å². The van der Waals surface area contributed by atoms with Gasteiger partial charge < -0.3 is 24.1 Å². The average Bonchev–Trinajstić information content (AvgIpc) is 2.52. The van der Waals surface area contributed by atoms with E-state index in [1.54, 1.807) is 12.2 Å². The van der Waals surface area contributed by atoms with Crippen molar-refractivity contribution in [2.24, 2.45) is 5.92 Å². The Morgan fingerprint density at radius 2 is 1.56 bits per heavy atom. The molecule has 0 aromatic rings. The molecule has 0 aromatic carbocycles. The van der Waals surface area contributed by atoms with Crippen LogP contribution in [0.3, 0.4) is 0 Å². The van der Waals surface area contributed by atoms with Crippen molar-refractivity contribution < 1.29 is 24.1 Å². The number of aliphatic hydroxyl groups excluding tert-OH is 2. The summed E-state index contributed by atoms with van der Waals surface area (Å²) in [4.78, 5) is 0. The zero-order valence-corrected chi connectivity index (χ0v) is 17.4. The van der Waals surface area contributed by atoms with Crippen molar-refractivity contribution in [1.82, 2.24) is 0 Å². The summed E-state index contributed by atoms with van der Waals surface area (Å²) in [6.45, 7) is 18.9. The van der Waals surface area contributed by atoms with E-state index in [9.17, 15) is 10.2 Å². The number of aliphatic hydroxyl groups is 2. The molecule has 146 valence electrons. The van der Waals surface area contributed by atoms with Gasteiger partial charge in [0.05, 0.1) is 25.4 Å². The van der Waals surface area contributed by atoms with Gasteiger partial charge in [0.15, 0.2) is 8.32 Å². The van der Waals surface area contributed by atoms with Gasteiger partial charge in [-0.25, -0.2) is 0 Å². The topological polar surface area (TPSA) is 68.2 Å². The van der Waals surface area contributed by atoms with E-state index in [2.05, 4.69) is 47.0 Å². The number of ether oxygens (including phenoxy) is 2. The van der Waals surface area contributed by atoms with Crippen molar-refractivity contribution in [3.63, 3.8) is 0 Å². The highest BCUT2D eigenvalue weighted by molar-refractivity contribution is 6.74. The van der Waals surface area contributed by atoms with Crippen LogP contribution in [-0.2, 0) is 13.9 Å². The van der Waals surface area contributed by atoms with Crippen molar-refractivity contribution in [2.45, 2.75) is 69.7 Å². The predicted octanol–water partition coefficient (Wildman–Crippen LogP) is 2.89. The van der Waals surface area contributed by atoms with E-state index >= 15 is 0 Å². The lowest BCUT2D eigenvalue weighted by Crippen LogP contribution is -2.60. The lowest BCUT2D eigenvalue weighted by atomic mass is 9.81. The van der Waals surface area contributed by atoms with E-state index in [1.807, 2.05) is 0 Å². The number of hydrogen-bond acceptors (Lipinski definition) is 5. The molecule has 1 saturated carbocycles. The molecule has 5 atom stereocenters. The molecular formula is C19H36O5Si. The molecule has 0 bridgehead atoms. The fourth-order valence-corrected chi connectivity index (χ4v) is 4.23. The smallest absolute Gasteiger partial charge is 0.192 e. The molecule has 1 rings (SSSR count). The molecular weight excluding hydrogens is 336 g/mol. The van der Waals surface area contributed by atoms with Crippen molar-refractivity contribution >= 4 is 8.32 Å². The maximum Gasteiger partial charge on any atom is 0.192 e. The van der Waals surface area contributed by atoms with E-state index in [1.165, 1.54) is 0 Å². The Bertz CT molecular complexity index is 432. The summed E-state index contributed by atoms with van der Waals surface area (Å²) in [6.07, 6.45) is 1.71. The molecule has 0 unspecified atom stereocenters. The first-order chi connectivity index (χ1) is 11.6. The summed E-state index contributed by atoms with van der Waals surface area (Å²) in [5.74, 6) is -0.192. The lowest BCUT2D eigenvalue weighted by Gasteiger charge is -2.49. The molecule has 6 heteroatoms. The summed E-state index contributed by atoms with van der Waals surface area (Å²) in [6, 6.07) is 0. The standard InChI is InChI=1S/C19H36O5Si/c1-8-10-22-17-15(21)12-14(13-20)16(18(17)23-11-9-2)24-25(6,7)19(3,4)5/h8-9,14-18,20-21H,1-2,10-13H2,3-7H3/t14-,15-,16+,17+,18-/m1/s1. The molecule has 1 aliphatic rings. The summed E-state index contributed by atoms with van der Waals surface area (Å²) in [5, 5.41) is 20.4. The van der Waals surface area contributed by atoms with Crippen LogP contribution in [0.25, 0.3) is 0 Å². The van der Waals surface area contributed by atoms with Crippen LogP contribution in [-0.4, -0.2) is 62.8 Å². The van der Waals surface area contributed by atoms with Crippen LogP contribution in [0, 0.1) is 5.92 Å². The summed E-state index contributed by atoms with van der Waals surface area (Å²) in [7, 11) is -2.09. The lowest BCUT2D eigenvalue weighted by molar-refractivity contribution is -0.190. The Hall–Kier alpha value is -0.503. The highest BCUT2D eigenvalue weighted by Crippen LogP contribution is 2.41. The van der Waals surface area contributed by atoms with Crippen molar-refractivity contribution in [1.29, 1.82) is 0 Å². The molecule has 0 aliphatic heterocycles. The fraction of sp³-hybridized carbons (Fsp3) is 0.789. The minimum Gasteiger partial charge on any atom is -0.411 e. The maximum absolute atomic E-state index is 10.5. The van der Waals surface area contributed by atoms with Crippen LogP contribution in [0.2, 0.25) is 18.1 Å². The summed E-state index contributed by atoms with van der Waals surface area (Å²) < 4.78 is 18.4. The molecule has 0 radical (unpaired) electrons. The van der Waals surface area contributed by atoms with Gasteiger partial charge in [0, 0.05) is 12.5 Å². The minimum atomic E-state index is -2.09. The van der Waals surface area contributed by atoms with Gasteiger partial charge in [-0.1, -0.05) is 32.9 Å². The zero-order valence-electron chi connectivity index (χ0n) is 16.4. The monoisotopic (exact) mass is 372 g/mol. The molecule has 0 spiro atoms. The third kappa shape index (κ3) is 5.74. The molecule has 25 heavy (non-hydrogen) atoms. The fourth-order valence-electron chi connectivity index (χ4n) is 2.87. The van der Waals surface area contributed by atoms with Gasteiger partial charge >= 0.3 is 0 Å². The molecule has 1 aliphatic carbocycles. The second kappa shape index (κ2) is 9.44. The van der Waals surface area contributed by atoms with E-state index in [4.69, 9.17) is 13.9 Å². The highest BCUT2D eigenvalue weighted by Gasteiger charge is 2.50. The quantitative estimate of drug-likeness (QED) is 0.481. The van der Waals surface area contributed by atoms with Gasteiger partial charge in [0.1, 0.15) is 12.2 Å². The van der Waals surface area contributed by atoms with Crippen LogP contribution in [0.5, 0.6) is 0 Å². The van der Waals surface area contributed by atoms with Gasteiger partial charge in [-0.15, -0.1) is 13.2 Å². The second-order valence-electron chi connectivity index (χ2n) is 8.26. The highest BCUT2D eigenvalue weighted by atomic mass is 28.4. The molecule has 0 amide bonds. The molecule has 1 fully saturated rings. The van der Waals surface area contributed by atoms with Crippen LogP contribution in [0.1, 0.15) is 27.2 Å². The third-order valence-corrected chi connectivity index (χ3v) is 9.79. The van der Waals surface area contributed by atoms with E-state index in [0.717, 1.165) is 0 Å². The molecule has 0 heterocycles. The minimum absolute atomic E-state index is 0.0313. The normalized spacial score (nSPS) is 30.9. The zero-order chi connectivity index (χ0) is 19.3. The Morgan fingerprint density at radius 3 is 2.00 bits per heavy atom. The van der Waals surface area contributed by atoms with Crippen molar-refractivity contribution in [3.05, 3.63) is 25.3 Å². The first kappa shape index (κ1) is 22.5. The van der Waals surface area contributed by atoms with Crippen LogP contribution in [0.4, 0.5) is 0 Å². The summed E-state index contributed by atoms with van der Waals surface area (Å²) in [5.41, 5.74) is 0. The van der Waals surface area contributed by atoms with Crippen LogP contribution in [0.15, 0.2) is 25.3 Å². The summed E-state index contributed by atoms with van der Waals surface area (Å²) >= 11 is 0. The Morgan fingerprint density at radius 1 is 1.04 bits per heavy atom. The van der Waals surface area contributed by atoms with Gasteiger partial charge in [0.25, 0.3) is 0 Å². The Kier molecular flexibility index (Phi) is 8.51. The predicted molar refractivity (Wildman–Crippen MR) is 103 cm³/mol. The van der Waals surface area contributed by atoms with Crippen LogP contribution < -0.4 is 0 Å². The van der Waals surface area contributed by atoms with E-state index in [-0.39, 0.29) is 23.7 Å². The van der Waals surface area contributed by atoms with E-state index < -0.39 is 26.6 Å². The molecule has 0 saturated heterocycles. The number of hydrogen-bond donors (Lipinski definition) is 2. The van der Waals surface area contributed by atoms with Gasteiger partial charge in [-0.3, -0.25) is 0 Å². The average molecular weight is 373 g/mol. The van der Waals surface area contributed by atoms with Gasteiger partial charge in [-0.2, -0.15) is 0 Å². The molecule has 0 aromatic heterocycles. The van der Waals surface area contributed by atoms with Gasteiger partial charge in [0.2, 0.25) is 0 Å².